The summed E-state index contributed by atoms with van der Waals surface area (Å²) in [4.78, 5) is 2.45. The molecule has 3 rings (SSSR count). The lowest BCUT2D eigenvalue weighted by Crippen LogP contribution is -2.39. The first kappa shape index (κ1) is 19.2. The van der Waals surface area contributed by atoms with Gasteiger partial charge in [-0.3, -0.25) is 4.90 Å². The molecule has 1 aliphatic heterocycles. The van der Waals surface area contributed by atoms with E-state index in [-0.39, 0.29) is 6.04 Å². The second-order valence-electron chi connectivity index (χ2n) is 6.98. The quantitative estimate of drug-likeness (QED) is 0.477. The number of likely N-dealkylation sites (tertiary alicyclic amines) is 1. The third kappa shape index (κ3) is 4.08. The molecule has 5 nitrogen and oxygen atoms in total. The van der Waals surface area contributed by atoms with E-state index in [0.29, 0.717) is 5.92 Å². The Labute approximate surface area is 161 Å². The maximum absolute atomic E-state index is 5.69. The minimum Gasteiger partial charge on any atom is -0.493 e. The molecule has 0 spiro atoms. The second-order valence-corrected chi connectivity index (χ2v) is 6.98. The average molecular weight is 367 g/mol. The number of ether oxygens (including phenoxy) is 2. The maximum atomic E-state index is 5.69. The van der Waals surface area contributed by atoms with Gasteiger partial charge in [0.2, 0.25) is 0 Å². The molecule has 2 aromatic carbocycles. The van der Waals surface area contributed by atoms with Crippen LogP contribution in [0.15, 0.2) is 53.6 Å². The monoisotopic (exact) mass is 367 g/mol. The average Bonchev–Trinajstić information content (AvgIpc) is 2.74. The Morgan fingerprint density at radius 2 is 1.74 bits per heavy atom. The summed E-state index contributed by atoms with van der Waals surface area (Å²) in [6, 6.07) is 16.7. The van der Waals surface area contributed by atoms with Crippen LogP contribution in [0.1, 0.15) is 42.9 Å². The zero-order chi connectivity index (χ0) is 19.2. The fourth-order valence-corrected chi connectivity index (χ4v) is 4.10. The van der Waals surface area contributed by atoms with Crippen molar-refractivity contribution in [2.24, 2.45) is 10.9 Å². The highest BCUT2D eigenvalue weighted by atomic mass is 16.5. The molecule has 5 heteroatoms. The van der Waals surface area contributed by atoms with Gasteiger partial charge in [-0.15, -0.1) is 0 Å². The smallest absolute Gasteiger partial charge is 0.165 e. The SMILES string of the molecule is COc1cccc(C(/C(C)=N/N)N2CCC(c3ccccc3)CC2)c1OC. The van der Waals surface area contributed by atoms with Gasteiger partial charge in [-0.2, -0.15) is 5.10 Å². The lowest BCUT2D eigenvalue weighted by atomic mass is 9.87. The van der Waals surface area contributed by atoms with Gasteiger partial charge in [-0.1, -0.05) is 42.5 Å². The number of hydrogen-bond acceptors (Lipinski definition) is 5. The Morgan fingerprint density at radius 3 is 2.33 bits per heavy atom. The van der Waals surface area contributed by atoms with Crippen LogP contribution in [0.4, 0.5) is 0 Å². The third-order valence-electron chi connectivity index (χ3n) is 5.49. The molecule has 0 aliphatic carbocycles. The minimum atomic E-state index is -0.0169. The van der Waals surface area contributed by atoms with Gasteiger partial charge in [0.1, 0.15) is 0 Å². The maximum Gasteiger partial charge on any atom is 0.165 e. The molecule has 2 N–H and O–H groups in total. The van der Waals surface area contributed by atoms with Crippen molar-refractivity contribution in [3.05, 3.63) is 59.7 Å². The van der Waals surface area contributed by atoms with E-state index in [1.165, 1.54) is 5.56 Å². The van der Waals surface area contributed by atoms with E-state index in [9.17, 15) is 0 Å². The van der Waals surface area contributed by atoms with Gasteiger partial charge >= 0.3 is 0 Å². The number of nitrogens with two attached hydrogens (primary N) is 1. The summed E-state index contributed by atoms with van der Waals surface area (Å²) >= 11 is 0. The van der Waals surface area contributed by atoms with Crippen molar-refractivity contribution >= 4 is 5.71 Å². The van der Waals surface area contributed by atoms with Crippen LogP contribution >= 0.6 is 0 Å². The molecule has 27 heavy (non-hydrogen) atoms. The molecule has 2 aromatic rings. The van der Waals surface area contributed by atoms with Gasteiger partial charge in [0.25, 0.3) is 0 Å². The summed E-state index contributed by atoms with van der Waals surface area (Å²) in [5.41, 5.74) is 3.35. The van der Waals surface area contributed by atoms with Crippen LogP contribution in [0.5, 0.6) is 11.5 Å². The molecule has 1 unspecified atom stereocenters. The van der Waals surface area contributed by atoms with Crippen LogP contribution in [0.25, 0.3) is 0 Å². The molecule has 0 radical (unpaired) electrons. The van der Waals surface area contributed by atoms with E-state index in [4.69, 9.17) is 15.3 Å². The van der Waals surface area contributed by atoms with Crippen molar-refractivity contribution in [2.75, 3.05) is 27.3 Å². The number of hydrogen-bond donors (Lipinski definition) is 1. The number of benzene rings is 2. The van der Waals surface area contributed by atoms with Crippen LogP contribution in [0, 0.1) is 0 Å². The fraction of sp³-hybridized carbons (Fsp3) is 0.409. The summed E-state index contributed by atoms with van der Waals surface area (Å²) in [7, 11) is 3.33. The number of hydrazone groups is 1. The van der Waals surface area contributed by atoms with Gasteiger partial charge in [-0.25, -0.2) is 0 Å². The molecule has 1 fully saturated rings. The van der Waals surface area contributed by atoms with Crippen molar-refractivity contribution in [1.82, 2.24) is 4.90 Å². The standard InChI is InChI=1S/C22H29N3O2/c1-16(24-23)21(19-10-7-11-20(26-2)22(19)27-3)25-14-12-18(13-15-25)17-8-5-4-6-9-17/h4-11,18,21H,12-15,23H2,1-3H3/b24-16+. The predicted molar refractivity (Wildman–Crippen MR) is 110 cm³/mol. The van der Waals surface area contributed by atoms with Crippen LogP contribution in [0.2, 0.25) is 0 Å². The molecule has 0 aromatic heterocycles. The second kappa shape index (κ2) is 8.91. The van der Waals surface area contributed by atoms with Crippen molar-refractivity contribution in [3.63, 3.8) is 0 Å². The van der Waals surface area contributed by atoms with Gasteiger partial charge in [0.05, 0.1) is 26.0 Å². The summed E-state index contributed by atoms with van der Waals surface area (Å²) in [6.45, 7) is 3.95. The third-order valence-corrected chi connectivity index (χ3v) is 5.49. The van der Waals surface area contributed by atoms with E-state index < -0.39 is 0 Å². The highest BCUT2D eigenvalue weighted by molar-refractivity contribution is 5.89. The zero-order valence-electron chi connectivity index (χ0n) is 16.4. The molecule has 0 saturated carbocycles. The van der Waals surface area contributed by atoms with Crippen LogP contribution in [-0.4, -0.2) is 37.9 Å². The van der Waals surface area contributed by atoms with Crippen LogP contribution < -0.4 is 15.3 Å². The Hall–Kier alpha value is -2.53. The lowest BCUT2D eigenvalue weighted by Gasteiger charge is -2.38. The molecule has 1 heterocycles. The zero-order valence-corrected chi connectivity index (χ0v) is 16.4. The molecule has 1 atom stereocenters. The first-order chi connectivity index (χ1) is 13.2. The minimum absolute atomic E-state index is 0.0169. The largest absolute Gasteiger partial charge is 0.493 e. The number of para-hydroxylation sites is 1. The molecular weight excluding hydrogens is 338 g/mol. The number of rotatable bonds is 6. The van der Waals surface area contributed by atoms with Crippen molar-refractivity contribution in [3.8, 4) is 11.5 Å². The number of piperidine rings is 1. The summed E-state index contributed by atoms with van der Waals surface area (Å²) in [5, 5.41) is 4.03. The van der Waals surface area contributed by atoms with Crippen LogP contribution in [-0.2, 0) is 0 Å². The molecule has 0 amide bonds. The number of nitrogens with zero attached hydrogens (tertiary/aromatic N) is 2. The van der Waals surface area contributed by atoms with E-state index in [0.717, 1.165) is 48.7 Å². The Balaban J connectivity index is 1.86. The topological polar surface area (TPSA) is 60.1 Å². The van der Waals surface area contributed by atoms with E-state index in [1.807, 2.05) is 19.1 Å². The Morgan fingerprint density at radius 1 is 1.04 bits per heavy atom. The van der Waals surface area contributed by atoms with Gasteiger partial charge in [0, 0.05) is 5.56 Å². The Bertz CT molecular complexity index is 768. The molecule has 0 bridgehead atoms. The van der Waals surface area contributed by atoms with E-state index >= 15 is 0 Å². The molecule has 1 aliphatic rings. The predicted octanol–water partition coefficient (Wildman–Crippen LogP) is 3.96. The molecule has 144 valence electrons. The Kier molecular flexibility index (Phi) is 6.35. The highest BCUT2D eigenvalue weighted by Gasteiger charge is 2.31. The first-order valence-electron chi connectivity index (χ1n) is 9.43. The molecule has 1 saturated heterocycles. The fourth-order valence-electron chi connectivity index (χ4n) is 4.10. The first-order valence-corrected chi connectivity index (χ1v) is 9.43. The van der Waals surface area contributed by atoms with Gasteiger partial charge in [-0.05, 0) is 50.4 Å². The van der Waals surface area contributed by atoms with Gasteiger partial charge < -0.3 is 15.3 Å². The number of methoxy groups -OCH3 is 2. The molecular formula is C22H29N3O2. The lowest BCUT2D eigenvalue weighted by molar-refractivity contribution is 0.184. The van der Waals surface area contributed by atoms with Crippen molar-refractivity contribution in [2.45, 2.75) is 31.7 Å². The normalized spacial score (nSPS) is 17.5. The van der Waals surface area contributed by atoms with E-state index in [1.54, 1.807) is 14.2 Å². The summed E-state index contributed by atoms with van der Waals surface area (Å²) < 4.78 is 11.2. The summed E-state index contributed by atoms with van der Waals surface area (Å²) in [5.74, 6) is 7.76. The van der Waals surface area contributed by atoms with Crippen LogP contribution in [0.3, 0.4) is 0 Å². The van der Waals surface area contributed by atoms with E-state index in [2.05, 4.69) is 46.4 Å². The highest BCUT2D eigenvalue weighted by Crippen LogP contribution is 2.39. The summed E-state index contributed by atoms with van der Waals surface area (Å²) in [6.07, 6.45) is 2.23. The van der Waals surface area contributed by atoms with Gasteiger partial charge in [0.15, 0.2) is 11.5 Å². The van der Waals surface area contributed by atoms with Crippen molar-refractivity contribution < 1.29 is 9.47 Å². The van der Waals surface area contributed by atoms with Crippen molar-refractivity contribution in [1.29, 1.82) is 0 Å².